The maximum atomic E-state index is 11.8. The molecule has 2 nitrogen and oxygen atoms in total. The van der Waals surface area contributed by atoms with E-state index in [1.165, 1.54) is 19.3 Å². The van der Waals surface area contributed by atoms with Crippen LogP contribution >= 0.6 is 11.6 Å². The van der Waals surface area contributed by atoms with Crippen LogP contribution in [0.15, 0.2) is 0 Å². The highest BCUT2D eigenvalue weighted by Gasteiger charge is 2.21. The lowest BCUT2D eigenvalue weighted by atomic mass is 9.96. The summed E-state index contributed by atoms with van der Waals surface area (Å²) in [7, 11) is 0. The lowest BCUT2D eigenvalue weighted by Crippen LogP contribution is -2.31. The zero-order chi connectivity index (χ0) is 11.1. The Morgan fingerprint density at radius 2 is 2.27 bits per heavy atom. The molecule has 1 heterocycles. The molecule has 3 heteroatoms. The molecule has 0 aliphatic carbocycles. The smallest absolute Gasteiger partial charge is 0.222 e. The Morgan fingerprint density at radius 3 is 2.93 bits per heavy atom. The Morgan fingerprint density at radius 1 is 1.47 bits per heavy atom. The molecule has 1 rings (SSSR count). The number of likely N-dealkylation sites (tertiary alicyclic amines) is 1. The van der Waals surface area contributed by atoms with Gasteiger partial charge in [-0.1, -0.05) is 19.8 Å². The molecular weight excluding hydrogens is 210 g/mol. The van der Waals surface area contributed by atoms with Crippen LogP contribution < -0.4 is 0 Å². The molecule has 0 aromatic rings. The Kier molecular flexibility index (Phi) is 6.07. The summed E-state index contributed by atoms with van der Waals surface area (Å²) in [6.07, 6.45) is 6.45. The average molecular weight is 232 g/mol. The van der Waals surface area contributed by atoms with Crippen molar-refractivity contribution >= 4 is 17.5 Å². The first-order valence-electron chi connectivity index (χ1n) is 6.11. The fourth-order valence-corrected chi connectivity index (χ4v) is 2.40. The van der Waals surface area contributed by atoms with E-state index in [1.54, 1.807) is 0 Å². The molecule has 1 saturated heterocycles. The number of carbonyl (C=O) groups excluding carboxylic acids is 1. The minimum atomic E-state index is 0.332. The Labute approximate surface area is 98.0 Å². The van der Waals surface area contributed by atoms with E-state index in [0.29, 0.717) is 11.8 Å². The molecule has 0 aromatic heterocycles. The summed E-state index contributed by atoms with van der Waals surface area (Å²) >= 11 is 5.65. The summed E-state index contributed by atoms with van der Waals surface area (Å²) in [6, 6.07) is 0. The molecule has 1 unspecified atom stereocenters. The minimum absolute atomic E-state index is 0.332. The second-order valence-corrected chi connectivity index (χ2v) is 4.78. The topological polar surface area (TPSA) is 20.3 Å². The number of hydrogen-bond acceptors (Lipinski definition) is 1. The number of hydrogen-bond donors (Lipinski definition) is 0. The summed E-state index contributed by atoms with van der Waals surface area (Å²) in [4.78, 5) is 13.8. The average Bonchev–Trinajstić information content (AvgIpc) is 2.40. The fraction of sp³-hybridized carbons (Fsp3) is 0.917. The number of rotatable bonds is 5. The van der Waals surface area contributed by atoms with E-state index in [9.17, 15) is 4.79 Å². The predicted molar refractivity (Wildman–Crippen MR) is 64.2 cm³/mol. The first kappa shape index (κ1) is 12.8. The van der Waals surface area contributed by atoms with Crippen molar-refractivity contribution in [3.8, 4) is 0 Å². The minimum Gasteiger partial charge on any atom is -0.343 e. The van der Waals surface area contributed by atoms with E-state index in [2.05, 4.69) is 6.92 Å². The highest BCUT2D eigenvalue weighted by atomic mass is 35.5. The van der Waals surface area contributed by atoms with Gasteiger partial charge in [0, 0.05) is 25.4 Å². The molecule has 1 aliphatic heterocycles. The van der Waals surface area contributed by atoms with Crippen molar-refractivity contribution in [2.24, 2.45) is 5.92 Å². The molecule has 0 saturated carbocycles. The monoisotopic (exact) mass is 231 g/mol. The van der Waals surface area contributed by atoms with E-state index in [-0.39, 0.29) is 0 Å². The Hall–Kier alpha value is -0.240. The van der Waals surface area contributed by atoms with Crippen molar-refractivity contribution in [1.82, 2.24) is 4.90 Å². The van der Waals surface area contributed by atoms with E-state index >= 15 is 0 Å². The lowest BCUT2D eigenvalue weighted by Gasteiger charge is -2.20. The lowest BCUT2D eigenvalue weighted by molar-refractivity contribution is -0.130. The molecule has 1 aliphatic rings. The van der Waals surface area contributed by atoms with Gasteiger partial charge >= 0.3 is 0 Å². The van der Waals surface area contributed by atoms with E-state index in [0.717, 1.165) is 38.3 Å². The van der Waals surface area contributed by atoms with Crippen LogP contribution in [0.2, 0.25) is 0 Å². The van der Waals surface area contributed by atoms with Gasteiger partial charge in [-0.2, -0.15) is 0 Å². The molecule has 0 spiro atoms. The molecule has 0 radical (unpaired) electrons. The summed E-state index contributed by atoms with van der Waals surface area (Å²) in [5.41, 5.74) is 0. The number of carbonyl (C=O) groups is 1. The van der Waals surface area contributed by atoms with Crippen molar-refractivity contribution in [2.75, 3.05) is 19.0 Å². The molecule has 15 heavy (non-hydrogen) atoms. The van der Waals surface area contributed by atoms with Crippen molar-refractivity contribution in [3.05, 3.63) is 0 Å². The van der Waals surface area contributed by atoms with Gasteiger partial charge in [-0.15, -0.1) is 11.6 Å². The van der Waals surface area contributed by atoms with Gasteiger partial charge in [0.2, 0.25) is 5.91 Å². The number of amides is 1. The van der Waals surface area contributed by atoms with Crippen molar-refractivity contribution in [2.45, 2.75) is 45.4 Å². The zero-order valence-electron chi connectivity index (χ0n) is 9.67. The first-order valence-corrected chi connectivity index (χ1v) is 6.65. The number of alkyl halides is 1. The van der Waals surface area contributed by atoms with Crippen LogP contribution in [0.5, 0.6) is 0 Å². The number of halogens is 1. The Bertz CT molecular complexity index is 196. The van der Waals surface area contributed by atoms with Crippen LogP contribution in [0.3, 0.4) is 0 Å². The van der Waals surface area contributed by atoms with E-state index in [4.69, 9.17) is 11.6 Å². The highest BCUT2D eigenvalue weighted by molar-refractivity contribution is 6.17. The maximum Gasteiger partial charge on any atom is 0.222 e. The second-order valence-electron chi connectivity index (χ2n) is 4.41. The van der Waals surface area contributed by atoms with Gasteiger partial charge in [-0.05, 0) is 25.2 Å². The molecule has 1 atom stereocenters. The normalized spacial score (nSPS) is 22.9. The largest absolute Gasteiger partial charge is 0.343 e. The van der Waals surface area contributed by atoms with Crippen molar-refractivity contribution in [1.29, 1.82) is 0 Å². The van der Waals surface area contributed by atoms with Crippen LogP contribution in [-0.4, -0.2) is 29.8 Å². The van der Waals surface area contributed by atoms with Gasteiger partial charge < -0.3 is 4.90 Å². The fourth-order valence-electron chi connectivity index (χ4n) is 2.28. The van der Waals surface area contributed by atoms with Crippen LogP contribution in [0.25, 0.3) is 0 Å². The maximum absolute atomic E-state index is 11.8. The molecule has 1 fully saturated rings. The molecule has 0 bridgehead atoms. The van der Waals surface area contributed by atoms with Crippen LogP contribution in [0.1, 0.15) is 45.4 Å². The van der Waals surface area contributed by atoms with Crippen molar-refractivity contribution < 1.29 is 4.79 Å². The Balaban J connectivity index is 2.37. The van der Waals surface area contributed by atoms with Gasteiger partial charge in [0.05, 0.1) is 0 Å². The predicted octanol–water partition coefficient (Wildman–Crippen LogP) is 3.04. The third kappa shape index (κ3) is 4.42. The SMILES string of the molecule is CCCC1CCC(=O)N(CCCCl)CC1. The van der Waals surface area contributed by atoms with Crippen molar-refractivity contribution in [3.63, 3.8) is 0 Å². The van der Waals surface area contributed by atoms with Gasteiger partial charge in [0.15, 0.2) is 0 Å². The summed E-state index contributed by atoms with van der Waals surface area (Å²) in [5, 5.41) is 0. The van der Waals surface area contributed by atoms with Gasteiger partial charge in [-0.3, -0.25) is 4.79 Å². The molecular formula is C12H22ClNO. The van der Waals surface area contributed by atoms with Crippen LogP contribution in [0.4, 0.5) is 0 Å². The third-order valence-electron chi connectivity index (χ3n) is 3.19. The third-order valence-corrected chi connectivity index (χ3v) is 3.45. The second kappa shape index (κ2) is 7.10. The molecule has 0 N–H and O–H groups in total. The zero-order valence-corrected chi connectivity index (χ0v) is 10.4. The molecule has 88 valence electrons. The highest BCUT2D eigenvalue weighted by Crippen LogP contribution is 2.22. The quantitative estimate of drug-likeness (QED) is 0.666. The van der Waals surface area contributed by atoms with Crippen LogP contribution in [-0.2, 0) is 4.79 Å². The number of nitrogens with zero attached hydrogens (tertiary/aromatic N) is 1. The standard InChI is InChI=1S/C12H22ClNO/c1-2-4-11-5-6-12(15)14(10-7-11)9-3-8-13/h11H,2-10H2,1H3. The summed E-state index contributed by atoms with van der Waals surface area (Å²) in [5.74, 6) is 1.75. The van der Waals surface area contributed by atoms with E-state index < -0.39 is 0 Å². The van der Waals surface area contributed by atoms with Gasteiger partial charge in [0.25, 0.3) is 0 Å². The van der Waals surface area contributed by atoms with Gasteiger partial charge in [0.1, 0.15) is 0 Å². The van der Waals surface area contributed by atoms with Crippen LogP contribution in [0, 0.1) is 5.92 Å². The molecule has 1 amide bonds. The summed E-state index contributed by atoms with van der Waals surface area (Å²) in [6.45, 7) is 4.01. The first-order chi connectivity index (χ1) is 7.27. The molecule has 0 aromatic carbocycles. The van der Waals surface area contributed by atoms with Gasteiger partial charge in [-0.25, -0.2) is 0 Å². The van der Waals surface area contributed by atoms with E-state index in [1.807, 2.05) is 4.90 Å². The summed E-state index contributed by atoms with van der Waals surface area (Å²) < 4.78 is 0.